The van der Waals surface area contributed by atoms with E-state index in [0.29, 0.717) is 50.1 Å². The van der Waals surface area contributed by atoms with Crippen LogP contribution in [0.15, 0.2) is 41.5 Å². The number of benzene rings is 1. The number of piperidine rings is 1. The fraction of sp³-hybridized carbons (Fsp3) is 0.440. The number of rotatable bonds is 6. The lowest BCUT2D eigenvalue weighted by Crippen LogP contribution is -2.44. The van der Waals surface area contributed by atoms with Gasteiger partial charge >= 0.3 is 0 Å². The maximum atomic E-state index is 13.4. The van der Waals surface area contributed by atoms with Gasteiger partial charge in [-0.05, 0) is 25.0 Å². The largest absolute Gasteiger partial charge is 0.497 e. The second-order valence-electron chi connectivity index (χ2n) is 9.12. The number of carbonyl (C=O) groups is 1. The number of nitrogens with zero attached hydrogens (tertiary/aromatic N) is 5. The summed E-state index contributed by atoms with van der Waals surface area (Å²) in [6.07, 6.45) is 4.72. The summed E-state index contributed by atoms with van der Waals surface area (Å²) in [6, 6.07) is 7.41. The van der Waals surface area contributed by atoms with Crippen LogP contribution >= 0.6 is 0 Å². The Morgan fingerprint density at radius 3 is 2.77 bits per heavy atom. The Hall–Kier alpha value is -3.66. The predicted molar refractivity (Wildman–Crippen MR) is 127 cm³/mol. The maximum Gasteiger partial charge on any atom is 0.269 e. The van der Waals surface area contributed by atoms with Crippen molar-refractivity contribution in [2.75, 3.05) is 33.4 Å². The number of ether oxygens (including phenoxy) is 3. The van der Waals surface area contributed by atoms with Crippen molar-refractivity contribution in [1.82, 2.24) is 24.3 Å². The highest BCUT2D eigenvalue weighted by atomic mass is 16.6. The van der Waals surface area contributed by atoms with Crippen molar-refractivity contribution in [1.29, 1.82) is 0 Å². The standard InChI is InChI=1S/C25H27N5O5/c1-33-18-2-3-19-20(12-18)29(24(31)14-27-19)7-6-28-5-4-17-11-21(28)25(32)30(17)15-16-10-22-23(13-26-16)35-9-8-34-22/h2-3,10,12-14,17,21H,4-9,11,15H2,1H3. The van der Waals surface area contributed by atoms with Gasteiger partial charge in [-0.2, -0.15) is 0 Å². The maximum absolute atomic E-state index is 13.4. The quantitative estimate of drug-likeness (QED) is 0.526. The van der Waals surface area contributed by atoms with Gasteiger partial charge in [0.25, 0.3) is 5.56 Å². The molecule has 35 heavy (non-hydrogen) atoms. The Morgan fingerprint density at radius 2 is 1.91 bits per heavy atom. The van der Waals surface area contributed by atoms with Crippen LogP contribution in [-0.2, 0) is 17.9 Å². The second-order valence-corrected chi connectivity index (χ2v) is 9.12. The Bertz CT molecular complexity index is 1340. The van der Waals surface area contributed by atoms with Crippen LogP contribution in [0.4, 0.5) is 0 Å². The molecule has 10 nitrogen and oxygen atoms in total. The van der Waals surface area contributed by atoms with Crippen molar-refractivity contribution in [3.8, 4) is 17.2 Å². The number of carbonyl (C=O) groups excluding carboxylic acids is 1. The third kappa shape index (κ3) is 3.97. The number of amides is 1. The Balaban J connectivity index is 1.17. The molecule has 2 unspecified atom stereocenters. The molecule has 3 aliphatic heterocycles. The van der Waals surface area contributed by atoms with Gasteiger partial charge in [-0.25, -0.2) is 4.98 Å². The van der Waals surface area contributed by atoms with E-state index in [1.807, 2.05) is 29.2 Å². The lowest BCUT2D eigenvalue weighted by molar-refractivity contribution is -0.132. The van der Waals surface area contributed by atoms with E-state index in [9.17, 15) is 9.59 Å². The SMILES string of the molecule is COc1ccc2ncc(=O)n(CCN3CCC4CC3C(=O)N4Cc3cc4c(cn3)OCCO4)c2c1. The van der Waals surface area contributed by atoms with Crippen molar-refractivity contribution in [3.05, 3.63) is 52.7 Å². The summed E-state index contributed by atoms with van der Waals surface area (Å²) in [5.74, 6) is 2.13. The lowest BCUT2D eigenvalue weighted by atomic mass is 10.0. The third-order valence-electron chi connectivity index (χ3n) is 7.18. The minimum Gasteiger partial charge on any atom is -0.497 e. The summed E-state index contributed by atoms with van der Waals surface area (Å²) in [6.45, 7) is 3.39. The van der Waals surface area contributed by atoms with Crippen LogP contribution in [0.3, 0.4) is 0 Å². The molecule has 10 heteroatoms. The molecule has 1 amide bonds. The molecule has 3 aromatic rings. The molecule has 0 N–H and O–H groups in total. The van der Waals surface area contributed by atoms with Gasteiger partial charge in [0.2, 0.25) is 5.91 Å². The average Bonchev–Trinajstić information content (AvgIpc) is 3.13. The average molecular weight is 478 g/mol. The monoisotopic (exact) mass is 477 g/mol. The molecule has 2 bridgehead atoms. The van der Waals surface area contributed by atoms with Crippen LogP contribution in [0.2, 0.25) is 0 Å². The van der Waals surface area contributed by atoms with Crippen LogP contribution in [0.5, 0.6) is 17.2 Å². The first-order valence-corrected chi connectivity index (χ1v) is 11.9. The zero-order valence-electron chi connectivity index (χ0n) is 19.6. The van der Waals surface area contributed by atoms with Crippen molar-refractivity contribution in [3.63, 3.8) is 0 Å². The summed E-state index contributed by atoms with van der Waals surface area (Å²) < 4.78 is 18.3. The van der Waals surface area contributed by atoms with E-state index in [-0.39, 0.29) is 23.6 Å². The summed E-state index contributed by atoms with van der Waals surface area (Å²) in [5.41, 5.74) is 2.10. The first kappa shape index (κ1) is 21.8. The topological polar surface area (TPSA) is 99.0 Å². The van der Waals surface area contributed by atoms with E-state index < -0.39 is 0 Å². The Morgan fingerprint density at radius 1 is 1.06 bits per heavy atom. The molecule has 2 saturated heterocycles. The van der Waals surface area contributed by atoms with Crippen molar-refractivity contribution in [2.45, 2.75) is 38.0 Å². The van der Waals surface area contributed by atoms with Crippen LogP contribution in [0.25, 0.3) is 11.0 Å². The van der Waals surface area contributed by atoms with E-state index in [0.717, 1.165) is 36.1 Å². The lowest BCUT2D eigenvalue weighted by Gasteiger charge is -2.31. The molecule has 0 spiro atoms. The summed E-state index contributed by atoms with van der Waals surface area (Å²) in [5, 5.41) is 0. The number of fused-ring (bicyclic) bond motifs is 4. The molecule has 0 aliphatic carbocycles. The van der Waals surface area contributed by atoms with E-state index >= 15 is 0 Å². The highest BCUT2D eigenvalue weighted by Gasteiger charge is 2.45. The van der Waals surface area contributed by atoms with Gasteiger partial charge in [0.1, 0.15) is 19.0 Å². The zero-order chi connectivity index (χ0) is 23.9. The molecule has 2 fully saturated rings. The first-order chi connectivity index (χ1) is 17.1. The smallest absolute Gasteiger partial charge is 0.269 e. The van der Waals surface area contributed by atoms with Gasteiger partial charge in [0, 0.05) is 37.8 Å². The van der Waals surface area contributed by atoms with Crippen LogP contribution in [0.1, 0.15) is 18.5 Å². The van der Waals surface area contributed by atoms with Crippen LogP contribution in [0, 0.1) is 0 Å². The number of aromatic nitrogens is 3. The molecule has 0 radical (unpaired) electrons. The fourth-order valence-corrected chi connectivity index (χ4v) is 5.36. The first-order valence-electron chi connectivity index (χ1n) is 11.9. The third-order valence-corrected chi connectivity index (χ3v) is 7.18. The molecule has 1 aromatic carbocycles. The minimum atomic E-state index is -0.177. The highest BCUT2D eigenvalue weighted by molar-refractivity contribution is 5.85. The predicted octanol–water partition coefficient (Wildman–Crippen LogP) is 1.45. The van der Waals surface area contributed by atoms with E-state index in [2.05, 4.69) is 14.9 Å². The van der Waals surface area contributed by atoms with Crippen molar-refractivity contribution in [2.24, 2.45) is 0 Å². The van der Waals surface area contributed by atoms with Crippen LogP contribution in [-0.4, -0.2) is 75.7 Å². The van der Waals surface area contributed by atoms with Crippen LogP contribution < -0.4 is 19.8 Å². The Kier molecular flexibility index (Phi) is 5.52. The zero-order valence-corrected chi connectivity index (χ0v) is 19.6. The summed E-state index contributed by atoms with van der Waals surface area (Å²) >= 11 is 0. The van der Waals surface area contributed by atoms with Gasteiger partial charge < -0.3 is 23.7 Å². The molecule has 0 saturated carbocycles. The van der Waals surface area contributed by atoms with Crippen molar-refractivity contribution < 1.29 is 19.0 Å². The molecular formula is C25H27N5O5. The number of methoxy groups -OCH3 is 1. The molecule has 6 rings (SSSR count). The van der Waals surface area contributed by atoms with E-state index in [1.54, 1.807) is 17.9 Å². The molecule has 3 aliphatic rings. The number of likely N-dealkylation sites (tertiary alicyclic amines) is 2. The molecule has 2 aromatic heterocycles. The summed E-state index contributed by atoms with van der Waals surface area (Å²) in [4.78, 5) is 38.9. The van der Waals surface area contributed by atoms with Gasteiger partial charge in [-0.15, -0.1) is 0 Å². The minimum absolute atomic E-state index is 0.123. The fourth-order valence-electron chi connectivity index (χ4n) is 5.36. The number of hydrogen-bond donors (Lipinski definition) is 0. The van der Waals surface area contributed by atoms with Gasteiger partial charge in [-0.3, -0.25) is 19.5 Å². The molecule has 182 valence electrons. The van der Waals surface area contributed by atoms with Crippen molar-refractivity contribution >= 4 is 16.9 Å². The number of hydrogen-bond acceptors (Lipinski definition) is 8. The van der Waals surface area contributed by atoms with Gasteiger partial charge in [0.15, 0.2) is 11.5 Å². The molecule has 2 atom stereocenters. The van der Waals surface area contributed by atoms with E-state index in [4.69, 9.17) is 14.2 Å². The highest BCUT2D eigenvalue weighted by Crippen LogP contribution is 2.34. The van der Waals surface area contributed by atoms with Gasteiger partial charge in [-0.1, -0.05) is 0 Å². The van der Waals surface area contributed by atoms with E-state index in [1.165, 1.54) is 6.20 Å². The molecular weight excluding hydrogens is 450 g/mol. The van der Waals surface area contributed by atoms with Gasteiger partial charge in [0.05, 0.1) is 48.8 Å². The normalized spacial score (nSPS) is 21.5. The summed E-state index contributed by atoms with van der Waals surface area (Å²) in [7, 11) is 1.60. The molecule has 5 heterocycles. The number of pyridine rings is 1. The Labute approximate surface area is 202 Å². The second kappa shape index (κ2) is 8.84.